The highest BCUT2D eigenvalue weighted by molar-refractivity contribution is 5.52. The molecule has 0 N–H and O–H groups in total. The van der Waals surface area contributed by atoms with Crippen molar-refractivity contribution < 1.29 is 0 Å². The Hall–Kier alpha value is -1.71. The third kappa shape index (κ3) is 1.63. The van der Waals surface area contributed by atoms with Crippen molar-refractivity contribution in [3.05, 3.63) is 30.4 Å². The van der Waals surface area contributed by atoms with Crippen molar-refractivity contribution in [2.45, 2.75) is 25.8 Å². The predicted molar refractivity (Wildman–Crippen MR) is 56.3 cm³/mol. The van der Waals surface area contributed by atoms with Crippen molar-refractivity contribution in [1.82, 2.24) is 19.7 Å². The number of hydrogen-bond acceptors (Lipinski definition) is 3. The molecule has 1 aliphatic carbocycles. The Labute approximate surface area is 88.0 Å². The molecule has 0 bridgehead atoms. The molecule has 3 rings (SSSR count). The lowest BCUT2D eigenvalue weighted by atomic mass is 10.2. The monoisotopic (exact) mass is 200 g/mol. The highest BCUT2D eigenvalue weighted by Gasteiger charge is 2.24. The van der Waals surface area contributed by atoms with Crippen LogP contribution in [0.1, 0.15) is 24.6 Å². The fraction of sp³-hybridized carbons (Fsp3) is 0.364. The number of hydrogen-bond donors (Lipinski definition) is 0. The molecule has 0 spiro atoms. The van der Waals surface area contributed by atoms with Gasteiger partial charge in [-0.3, -0.25) is 4.98 Å². The second kappa shape index (κ2) is 3.15. The number of rotatable bonds is 2. The largest absolute Gasteiger partial charge is 0.261 e. The van der Waals surface area contributed by atoms with Gasteiger partial charge in [-0.25, -0.2) is 9.67 Å². The van der Waals surface area contributed by atoms with E-state index in [1.54, 1.807) is 0 Å². The Kier molecular flexibility index (Phi) is 1.80. The van der Waals surface area contributed by atoms with Gasteiger partial charge in [-0.05, 0) is 31.9 Å². The summed E-state index contributed by atoms with van der Waals surface area (Å²) in [5.74, 6) is 0.773. The van der Waals surface area contributed by atoms with Gasteiger partial charge in [0.1, 0.15) is 6.33 Å². The van der Waals surface area contributed by atoms with E-state index >= 15 is 0 Å². The first-order chi connectivity index (χ1) is 7.33. The van der Waals surface area contributed by atoms with Crippen molar-refractivity contribution >= 4 is 0 Å². The fourth-order valence-corrected chi connectivity index (χ4v) is 1.52. The first kappa shape index (κ1) is 8.59. The SMILES string of the molecule is Cc1ccc(-c2ncn(C3CC3)n2)cn1. The van der Waals surface area contributed by atoms with E-state index in [-0.39, 0.29) is 0 Å². The van der Waals surface area contributed by atoms with Crippen LogP contribution < -0.4 is 0 Å². The summed E-state index contributed by atoms with van der Waals surface area (Å²) in [6.07, 6.45) is 6.10. The molecule has 1 aliphatic rings. The van der Waals surface area contributed by atoms with Gasteiger partial charge in [0.15, 0.2) is 5.82 Å². The Balaban J connectivity index is 1.93. The van der Waals surface area contributed by atoms with Gasteiger partial charge in [0.2, 0.25) is 0 Å². The Morgan fingerprint density at radius 1 is 1.27 bits per heavy atom. The number of nitrogens with zero attached hydrogens (tertiary/aromatic N) is 4. The maximum Gasteiger partial charge on any atom is 0.182 e. The van der Waals surface area contributed by atoms with E-state index in [0.29, 0.717) is 6.04 Å². The van der Waals surface area contributed by atoms with Gasteiger partial charge < -0.3 is 0 Å². The second-order valence-corrected chi connectivity index (χ2v) is 3.97. The number of pyridine rings is 1. The predicted octanol–water partition coefficient (Wildman–Crippen LogP) is 1.98. The first-order valence-corrected chi connectivity index (χ1v) is 5.17. The summed E-state index contributed by atoms with van der Waals surface area (Å²) in [6, 6.07) is 4.58. The zero-order chi connectivity index (χ0) is 10.3. The summed E-state index contributed by atoms with van der Waals surface area (Å²) in [5, 5.41) is 4.44. The van der Waals surface area contributed by atoms with Gasteiger partial charge in [0.25, 0.3) is 0 Å². The van der Waals surface area contributed by atoms with Crippen LogP contribution in [0.3, 0.4) is 0 Å². The average Bonchev–Trinajstić information content (AvgIpc) is 2.99. The maximum absolute atomic E-state index is 4.44. The quantitative estimate of drug-likeness (QED) is 0.744. The normalized spacial score (nSPS) is 15.5. The molecule has 1 saturated carbocycles. The third-order valence-electron chi connectivity index (χ3n) is 2.60. The molecule has 4 nitrogen and oxygen atoms in total. The van der Waals surface area contributed by atoms with Crippen molar-refractivity contribution in [2.24, 2.45) is 0 Å². The van der Waals surface area contributed by atoms with Crippen LogP contribution in [0.5, 0.6) is 0 Å². The van der Waals surface area contributed by atoms with E-state index in [0.717, 1.165) is 17.1 Å². The highest BCUT2D eigenvalue weighted by atomic mass is 15.4. The van der Waals surface area contributed by atoms with Gasteiger partial charge >= 0.3 is 0 Å². The van der Waals surface area contributed by atoms with Gasteiger partial charge in [0.05, 0.1) is 6.04 Å². The molecule has 0 unspecified atom stereocenters. The van der Waals surface area contributed by atoms with Crippen molar-refractivity contribution in [3.63, 3.8) is 0 Å². The molecule has 0 aromatic carbocycles. The molecule has 0 atom stereocenters. The summed E-state index contributed by atoms with van der Waals surface area (Å²) in [4.78, 5) is 8.53. The van der Waals surface area contributed by atoms with Crippen LogP contribution >= 0.6 is 0 Å². The van der Waals surface area contributed by atoms with Gasteiger partial charge in [-0.15, -0.1) is 0 Å². The van der Waals surface area contributed by atoms with Crippen molar-refractivity contribution in [2.75, 3.05) is 0 Å². The zero-order valence-electron chi connectivity index (χ0n) is 8.59. The Morgan fingerprint density at radius 3 is 2.80 bits per heavy atom. The summed E-state index contributed by atoms with van der Waals surface area (Å²) in [6.45, 7) is 1.97. The summed E-state index contributed by atoms with van der Waals surface area (Å²) in [5.41, 5.74) is 2.00. The summed E-state index contributed by atoms with van der Waals surface area (Å²) < 4.78 is 1.95. The summed E-state index contributed by atoms with van der Waals surface area (Å²) >= 11 is 0. The minimum absolute atomic E-state index is 0.588. The van der Waals surface area contributed by atoms with Crippen LogP contribution in [0, 0.1) is 6.92 Å². The van der Waals surface area contributed by atoms with Crippen LogP contribution in [0.4, 0.5) is 0 Å². The van der Waals surface area contributed by atoms with Crippen molar-refractivity contribution in [1.29, 1.82) is 0 Å². The topological polar surface area (TPSA) is 43.6 Å². The second-order valence-electron chi connectivity index (χ2n) is 3.97. The smallest absolute Gasteiger partial charge is 0.182 e. The fourth-order valence-electron chi connectivity index (χ4n) is 1.52. The van der Waals surface area contributed by atoms with Gasteiger partial charge in [0, 0.05) is 17.5 Å². The highest BCUT2D eigenvalue weighted by Crippen LogP contribution is 2.34. The third-order valence-corrected chi connectivity index (χ3v) is 2.60. The Morgan fingerprint density at radius 2 is 2.13 bits per heavy atom. The van der Waals surface area contributed by atoms with Crippen molar-refractivity contribution in [3.8, 4) is 11.4 Å². The lowest BCUT2D eigenvalue weighted by Crippen LogP contribution is -1.94. The van der Waals surface area contributed by atoms with E-state index in [1.807, 2.05) is 36.3 Å². The van der Waals surface area contributed by atoms with Crippen LogP contribution in [-0.2, 0) is 0 Å². The van der Waals surface area contributed by atoms with Gasteiger partial charge in [-0.1, -0.05) is 0 Å². The molecule has 76 valence electrons. The molecule has 0 aliphatic heterocycles. The first-order valence-electron chi connectivity index (χ1n) is 5.17. The molecule has 1 fully saturated rings. The van der Waals surface area contributed by atoms with E-state index in [1.165, 1.54) is 12.8 Å². The lowest BCUT2D eigenvalue weighted by Gasteiger charge is -1.96. The zero-order valence-corrected chi connectivity index (χ0v) is 8.59. The molecule has 0 radical (unpaired) electrons. The average molecular weight is 200 g/mol. The molecule has 2 aromatic rings. The van der Waals surface area contributed by atoms with Crippen LogP contribution in [0.25, 0.3) is 11.4 Å². The summed E-state index contributed by atoms with van der Waals surface area (Å²) in [7, 11) is 0. The minimum Gasteiger partial charge on any atom is -0.261 e. The van der Waals surface area contributed by atoms with E-state index in [4.69, 9.17) is 0 Å². The van der Waals surface area contributed by atoms with Gasteiger partial charge in [-0.2, -0.15) is 5.10 Å². The van der Waals surface area contributed by atoms with E-state index < -0.39 is 0 Å². The molecule has 4 heteroatoms. The molecular formula is C11H12N4. The lowest BCUT2D eigenvalue weighted by molar-refractivity contribution is 0.641. The van der Waals surface area contributed by atoms with E-state index in [2.05, 4.69) is 15.1 Å². The van der Waals surface area contributed by atoms with Crippen LogP contribution in [-0.4, -0.2) is 19.7 Å². The van der Waals surface area contributed by atoms with Crippen LogP contribution in [0.2, 0.25) is 0 Å². The minimum atomic E-state index is 0.588. The van der Waals surface area contributed by atoms with Crippen LogP contribution in [0.15, 0.2) is 24.7 Å². The molecule has 0 amide bonds. The maximum atomic E-state index is 4.44. The number of aryl methyl sites for hydroxylation is 1. The molecule has 2 aromatic heterocycles. The van der Waals surface area contributed by atoms with E-state index in [9.17, 15) is 0 Å². The number of aromatic nitrogens is 4. The standard InChI is InChI=1S/C11H12N4/c1-8-2-3-9(6-12-8)11-13-7-15(14-11)10-4-5-10/h2-3,6-7,10H,4-5H2,1H3. The molecule has 15 heavy (non-hydrogen) atoms. The molecule has 2 heterocycles. The molecule has 0 saturated heterocycles. The Bertz CT molecular complexity index is 468. The molecular weight excluding hydrogens is 188 g/mol.